The van der Waals surface area contributed by atoms with Gasteiger partial charge in [-0.15, -0.1) is 0 Å². The van der Waals surface area contributed by atoms with Gasteiger partial charge < -0.3 is 4.90 Å². The number of nitrogens with zero attached hydrogens (tertiary/aromatic N) is 1. The third kappa shape index (κ3) is 2.38. The molecule has 0 aromatic heterocycles. The summed E-state index contributed by atoms with van der Waals surface area (Å²) < 4.78 is 0. The van der Waals surface area contributed by atoms with Gasteiger partial charge in [-0.05, 0) is 44.9 Å². The van der Waals surface area contributed by atoms with Crippen LogP contribution in [-0.4, -0.2) is 7.05 Å². The lowest BCUT2D eigenvalue weighted by molar-refractivity contribution is 1.13. The van der Waals surface area contributed by atoms with Crippen LogP contribution in [0.1, 0.15) is 25.0 Å². The van der Waals surface area contributed by atoms with Crippen molar-refractivity contribution in [1.29, 1.82) is 0 Å². The van der Waals surface area contributed by atoms with Gasteiger partial charge in [0.05, 0.1) is 0 Å². The largest absolute Gasteiger partial charge is 0.351 e. The fraction of sp³-hybridized carbons (Fsp3) is 0.385. The van der Waals surface area contributed by atoms with E-state index in [2.05, 4.69) is 64.0 Å². The molecule has 0 aliphatic heterocycles. The molecule has 0 amide bonds. The molecular formula is C13H19N. The first-order valence-corrected chi connectivity index (χ1v) is 4.96. The fourth-order valence-corrected chi connectivity index (χ4v) is 1.57. The average molecular weight is 189 g/mol. The predicted molar refractivity (Wildman–Crippen MR) is 63.8 cm³/mol. The maximum absolute atomic E-state index is 2.18. The summed E-state index contributed by atoms with van der Waals surface area (Å²) in [5, 5.41) is 0. The molecule has 0 saturated heterocycles. The monoisotopic (exact) mass is 189 g/mol. The first kappa shape index (κ1) is 10.8. The van der Waals surface area contributed by atoms with E-state index >= 15 is 0 Å². The quantitative estimate of drug-likeness (QED) is 0.686. The van der Waals surface area contributed by atoms with E-state index in [0.29, 0.717) is 0 Å². The lowest BCUT2D eigenvalue weighted by Gasteiger charge is -2.18. The van der Waals surface area contributed by atoms with Crippen molar-refractivity contribution < 1.29 is 0 Å². The van der Waals surface area contributed by atoms with Gasteiger partial charge in [0.1, 0.15) is 0 Å². The first-order valence-electron chi connectivity index (χ1n) is 4.96. The molecule has 0 saturated carbocycles. The molecule has 0 fully saturated rings. The van der Waals surface area contributed by atoms with E-state index in [9.17, 15) is 0 Å². The van der Waals surface area contributed by atoms with E-state index < -0.39 is 0 Å². The van der Waals surface area contributed by atoms with Gasteiger partial charge in [-0.3, -0.25) is 0 Å². The van der Waals surface area contributed by atoms with E-state index in [1.165, 1.54) is 22.4 Å². The number of aryl methyl sites for hydroxylation is 1. The SMILES string of the molecule is CC(C)=CN(C)c1cccc(C)c1C. The van der Waals surface area contributed by atoms with Crippen LogP contribution >= 0.6 is 0 Å². The minimum Gasteiger partial charge on any atom is -0.351 e. The molecule has 0 radical (unpaired) electrons. The third-order valence-electron chi connectivity index (χ3n) is 2.41. The number of hydrogen-bond donors (Lipinski definition) is 0. The minimum atomic E-state index is 1.28. The van der Waals surface area contributed by atoms with Crippen LogP contribution in [0.2, 0.25) is 0 Å². The number of allylic oxidation sites excluding steroid dienone is 1. The topological polar surface area (TPSA) is 3.24 Å². The molecule has 0 bridgehead atoms. The van der Waals surface area contributed by atoms with Gasteiger partial charge in [0.2, 0.25) is 0 Å². The molecule has 0 heterocycles. The van der Waals surface area contributed by atoms with Crippen molar-refractivity contribution in [2.45, 2.75) is 27.7 Å². The third-order valence-corrected chi connectivity index (χ3v) is 2.41. The lowest BCUT2D eigenvalue weighted by atomic mass is 10.1. The summed E-state index contributed by atoms with van der Waals surface area (Å²) in [6, 6.07) is 6.41. The minimum absolute atomic E-state index is 1.28. The van der Waals surface area contributed by atoms with E-state index in [-0.39, 0.29) is 0 Å². The normalized spacial score (nSPS) is 9.79. The van der Waals surface area contributed by atoms with E-state index in [0.717, 1.165) is 0 Å². The zero-order valence-corrected chi connectivity index (χ0v) is 9.76. The van der Waals surface area contributed by atoms with Crippen molar-refractivity contribution in [3.05, 3.63) is 41.1 Å². The molecular weight excluding hydrogens is 170 g/mol. The van der Waals surface area contributed by atoms with Gasteiger partial charge in [-0.25, -0.2) is 0 Å². The van der Waals surface area contributed by atoms with Crippen molar-refractivity contribution in [2.75, 3.05) is 11.9 Å². The first-order chi connectivity index (χ1) is 6.52. The predicted octanol–water partition coefficient (Wildman–Crippen LogP) is 3.66. The highest BCUT2D eigenvalue weighted by atomic mass is 15.1. The second kappa shape index (κ2) is 4.32. The number of hydrogen-bond acceptors (Lipinski definition) is 1. The summed E-state index contributed by atoms with van der Waals surface area (Å²) in [6.07, 6.45) is 2.15. The lowest BCUT2D eigenvalue weighted by Crippen LogP contribution is -2.10. The van der Waals surface area contributed by atoms with Crippen LogP contribution in [-0.2, 0) is 0 Å². The van der Waals surface area contributed by atoms with Crippen molar-refractivity contribution in [3.63, 3.8) is 0 Å². The summed E-state index contributed by atoms with van der Waals surface area (Å²) in [4.78, 5) is 2.18. The molecule has 14 heavy (non-hydrogen) atoms. The van der Waals surface area contributed by atoms with Gasteiger partial charge in [0.25, 0.3) is 0 Å². The van der Waals surface area contributed by atoms with Gasteiger partial charge in [-0.2, -0.15) is 0 Å². The van der Waals surface area contributed by atoms with Crippen molar-refractivity contribution in [3.8, 4) is 0 Å². The standard InChI is InChI=1S/C13H19N/c1-10(2)9-14(5)13-8-6-7-11(3)12(13)4/h6-9H,1-5H3. The van der Waals surface area contributed by atoms with Gasteiger partial charge in [0, 0.05) is 18.9 Å². The zero-order chi connectivity index (χ0) is 10.7. The average Bonchev–Trinajstić information content (AvgIpc) is 2.08. The summed E-state index contributed by atoms with van der Waals surface area (Å²) in [5.74, 6) is 0. The summed E-state index contributed by atoms with van der Waals surface area (Å²) in [7, 11) is 2.09. The Morgan fingerprint density at radius 3 is 2.43 bits per heavy atom. The molecule has 1 heteroatoms. The van der Waals surface area contributed by atoms with Gasteiger partial charge >= 0.3 is 0 Å². The van der Waals surface area contributed by atoms with Crippen LogP contribution in [0, 0.1) is 13.8 Å². The molecule has 0 aliphatic rings. The van der Waals surface area contributed by atoms with Crippen molar-refractivity contribution in [2.24, 2.45) is 0 Å². The maximum atomic E-state index is 2.18. The molecule has 0 spiro atoms. The van der Waals surface area contributed by atoms with Crippen LogP contribution < -0.4 is 4.90 Å². The molecule has 0 unspecified atom stereocenters. The Hall–Kier alpha value is -1.24. The highest BCUT2D eigenvalue weighted by Gasteiger charge is 2.02. The number of anilines is 1. The number of rotatable bonds is 2. The number of benzene rings is 1. The Morgan fingerprint density at radius 2 is 1.86 bits per heavy atom. The molecule has 0 N–H and O–H groups in total. The Morgan fingerprint density at radius 1 is 1.21 bits per heavy atom. The van der Waals surface area contributed by atoms with Gasteiger partial charge in [-0.1, -0.05) is 17.7 Å². The molecule has 76 valence electrons. The van der Waals surface area contributed by atoms with Crippen LogP contribution in [0.4, 0.5) is 5.69 Å². The Balaban J connectivity index is 3.07. The van der Waals surface area contributed by atoms with Crippen molar-refractivity contribution in [1.82, 2.24) is 0 Å². The summed E-state index contributed by atoms with van der Waals surface area (Å²) in [6.45, 7) is 8.54. The Labute approximate surface area is 87.1 Å². The van der Waals surface area contributed by atoms with Gasteiger partial charge in [0.15, 0.2) is 0 Å². The maximum Gasteiger partial charge on any atom is 0.0435 e. The van der Waals surface area contributed by atoms with Crippen LogP contribution in [0.5, 0.6) is 0 Å². The molecule has 0 atom stereocenters. The highest BCUT2D eigenvalue weighted by Crippen LogP contribution is 2.22. The highest BCUT2D eigenvalue weighted by molar-refractivity contribution is 5.57. The summed E-state index contributed by atoms with van der Waals surface area (Å²) in [5.41, 5.74) is 5.30. The second-order valence-electron chi connectivity index (χ2n) is 4.04. The molecule has 1 aromatic carbocycles. The smallest absolute Gasteiger partial charge is 0.0435 e. The Kier molecular flexibility index (Phi) is 3.34. The zero-order valence-electron chi connectivity index (χ0n) is 9.76. The molecule has 1 rings (SSSR count). The van der Waals surface area contributed by atoms with Crippen LogP contribution in [0.15, 0.2) is 30.0 Å². The Bertz CT molecular complexity index is 346. The van der Waals surface area contributed by atoms with Crippen LogP contribution in [0.3, 0.4) is 0 Å². The summed E-state index contributed by atoms with van der Waals surface area (Å²) >= 11 is 0. The van der Waals surface area contributed by atoms with E-state index in [1.54, 1.807) is 0 Å². The molecule has 1 aromatic rings. The van der Waals surface area contributed by atoms with E-state index in [4.69, 9.17) is 0 Å². The van der Waals surface area contributed by atoms with Crippen LogP contribution in [0.25, 0.3) is 0 Å². The molecule has 1 nitrogen and oxygen atoms in total. The van der Waals surface area contributed by atoms with Crippen molar-refractivity contribution >= 4 is 5.69 Å². The molecule has 0 aliphatic carbocycles. The second-order valence-corrected chi connectivity index (χ2v) is 4.04. The fourth-order valence-electron chi connectivity index (χ4n) is 1.57. The van der Waals surface area contributed by atoms with E-state index in [1.807, 2.05) is 0 Å².